The van der Waals surface area contributed by atoms with E-state index in [1.165, 1.54) is 18.3 Å². The van der Waals surface area contributed by atoms with Gasteiger partial charge in [-0.1, -0.05) is 11.6 Å². The van der Waals surface area contributed by atoms with Gasteiger partial charge in [0.1, 0.15) is 5.75 Å². The lowest BCUT2D eigenvalue weighted by Gasteiger charge is -2.19. The van der Waals surface area contributed by atoms with E-state index >= 15 is 0 Å². The van der Waals surface area contributed by atoms with E-state index in [-0.39, 0.29) is 28.8 Å². The van der Waals surface area contributed by atoms with Gasteiger partial charge in [-0.2, -0.15) is 5.10 Å². The number of hydrogen-bond donors (Lipinski definition) is 4. The Morgan fingerprint density at radius 2 is 2.03 bits per heavy atom. The first-order valence-electron chi connectivity index (χ1n) is 10.7. The van der Waals surface area contributed by atoms with Crippen LogP contribution >= 0.6 is 11.6 Å². The second kappa shape index (κ2) is 9.70. The van der Waals surface area contributed by atoms with Crippen LogP contribution in [0.15, 0.2) is 36.5 Å². The molecule has 3 heterocycles. The van der Waals surface area contributed by atoms with Crippen LogP contribution in [0.2, 0.25) is 5.02 Å². The SMILES string of the molecule is C[C@H](Nc1nccc([C@@H]2C(=O)NC[C@@H]2[C@@H](C)O)n1)c1cc(-c2ccc(OC(F)(F)F)c(Cl)c2)n[nH]1. The number of hydrogen-bond acceptors (Lipinski definition) is 7. The number of nitrogens with zero attached hydrogens (tertiary/aromatic N) is 3. The minimum Gasteiger partial charge on any atom is -0.404 e. The van der Waals surface area contributed by atoms with Gasteiger partial charge in [0.05, 0.1) is 40.2 Å². The number of nitrogens with one attached hydrogen (secondary N) is 3. The number of H-pyrrole nitrogens is 1. The van der Waals surface area contributed by atoms with Crippen LogP contribution in [-0.2, 0) is 4.79 Å². The Hall–Kier alpha value is -3.38. The number of alkyl halides is 3. The van der Waals surface area contributed by atoms with E-state index in [4.69, 9.17) is 11.6 Å². The normalized spacial score (nSPS) is 19.8. The first-order chi connectivity index (χ1) is 16.5. The van der Waals surface area contributed by atoms with Gasteiger partial charge in [-0.25, -0.2) is 9.97 Å². The molecular formula is C22H22ClF3N6O3. The average Bonchev–Trinajstić information content (AvgIpc) is 3.42. The van der Waals surface area contributed by atoms with E-state index < -0.39 is 24.1 Å². The standard InChI is InChI=1S/C22H22ClF3N6O3/c1-10(29-21-27-6-5-15(30-21)19-13(11(2)33)9-28-20(19)34)16-8-17(32-31-16)12-3-4-18(14(23)7-12)35-22(24,25)26/h3-8,10-11,13,19,33H,9H2,1-2H3,(H,28,34)(H,31,32)(H,27,29,30)/t10-,11+,13+,19+/m0/s1. The third kappa shape index (κ3) is 5.65. The maximum atomic E-state index is 12.5. The third-order valence-electron chi connectivity index (χ3n) is 5.70. The average molecular weight is 511 g/mol. The van der Waals surface area contributed by atoms with Crippen molar-refractivity contribution in [3.63, 3.8) is 0 Å². The third-order valence-corrected chi connectivity index (χ3v) is 6.00. The van der Waals surface area contributed by atoms with Crippen LogP contribution in [0.3, 0.4) is 0 Å². The molecule has 0 radical (unpaired) electrons. The van der Waals surface area contributed by atoms with Crippen molar-refractivity contribution in [2.75, 3.05) is 11.9 Å². The summed E-state index contributed by atoms with van der Waals surface area (Å²) in [6, 6.07) is 6.90. The highest BCUT2D eigenvalue weighted by molar-refractivity contribution is 6.32. The Labute approximate surface area is 203 Å². The molecule has 0 aliphatic carbocycles. The summed E-state index contributed by atoms with van der Waals surface area (Å²) in [4.78, 5) is 21.0. The molecule has 1 aliphatic rings. The number of carbonyl (C=O) groups excluding carboxylic acids is 1. The number of amides is 1. The van der Waals surface area contributed by atoms with Gasteiger partial charge < -0.3 is 20.5 Å². The number of aliphatic hydroxyl groups is 1. The maximum absolute atomic E-state index is 12.5. The lowest BCUT2D eigenvalue weighted by molar-refractivity contribution is -0.274. The quantitative estimate of drug-likeness (QED) is 0.381. The highest BCUT2D eigenvalue weighted by Crippen LogP contribution is 2.34. The van der Waals surface area contributed by atoms with Gasteiger partial charge in [-0.3, -0.25) is 9.89 Å². The molecule has 0 unspecified atom stereocenters. The second-order valence-electron chi connectivity index (χ2n) is 8.20. The topological polar surface area (TPSA) is 125 Å². The Balaban J connectivity index is 1.48. The molecule has 1 aromatic carbocycles. The van der Waals surface area contributed by atoms with Gasteiger partial charge in [-0.15, -0.1) is 13.2 Å². The monoisotopic (exact) mass is 510 g/mol. The number of halogens is 4. The van der Waals surface area contributed by atoms with Crippen LogP contribution in [0.5, 0.6) is 5.75 Å². The maximum Gasteiger partial charge on any atom is 0.573 e. The molecule has 4 rings (SSSR count). The van der Waals surface area contributed by atoms with Crippen molar-refractivity contribution in [1.82, 2.24) is 25.5 Å². The number of rotatable bonds is 7. The Morgan fingerprint density at radius 1 is 1.26 bits per heavy atom. The number of benzene rings is 1. The molecule has 186 valence electrons. The van der Waals surface area contributed by atoms with Gasteiger partial charge in [0, 0.05) is 24.2 Å². The smallest absolute Gasteiger partial charge is 0.404 e. The van der Waals surface area contributed by atoms with Gasteiger partial charge in [0.2, 0.25) is 11.9 Å². The van der Waals surface area contributed by atoms with E-state index in [1.807, 2.05) is 6.92 Å². The number of aliphatic hydroxyl groups excluding tert-OH is 1. The molecule has 9 nitrogen and oxygen atoms in total. The molecule has 3 aromatic rings. The fourth-order valence-corrected chi connectivity index (χ4v) is 4.12. The fraction of sp³-hybridized carbons (Fsp3) is 0.364. The van der Waals surface area contributed by atoms with Gasteiger partial charge in [0.15, 0.2) is 0 Å². The molecular weight excluding hydrogens is 489 g/mol. The van der Waals surface area contributed by atoms with Crippen LogP contribution in [0.25, 0.3) is 11.3 Å². The second-order valence-corrected chi connectivity index (χ2v) is 8.61. The largest absolute Gasteiger partial charge is 0.573 e. The number of carbonyl (C=O) groups is 1. The molecule has 1 aliphatic heterocycles. The summed E-state index contributed by atoms with van der Waals surface area (Å²) in [6.45, 7) is 3.84. The van der Waals surface area contributed by atoms with Crippen LogP contribution in [0.1, 0.15) is 37.2 Å². The number of anilines is 1. The molecule has 1 fully saturated rings. The highest BCUT2D eigenvalue weighted by Gasteiger charge is 2.39. The molecule has 4 atom stereocenters. The van der Waals surface area contributed by atoms with Crippen LogP contribution in [0, 0.1) is 5.92 Å². The predicted octanol–water partition coefficient (Wildman–Crippen LogP) is 3.80. The van der Waals surface area contributed by atoms with Crippen molar-refractivity contribution in [1.29, 1.82) is 0 Å². The molecule has 35 heavy (non-hydrogen) atoms. The van der Waals surface area contributed by atoms with Crippen molar-refractivity contribution in [2.24, 2.45) is 5.92 Å². The van der Waals surface area contributed by atoms with Gasteiger partial charge >= 0.3 is 6.36 Å². The molecule has 1 saturated heterocycles. The number of ether oxygens (including phenoxy) is 1. The summed E-state index contributed by atoms with van der Waals surface area (Å²) in [5, 5.41) is 22.8. The summed E-state index contributed by atoms with van der Waals surface area (Å²) < 4.78 is 41.3. The van der Waals surface area contributed by atoms with Crippen molar-refractivity contribution in [3.05, 3.63) is 52.9 Å². The van der Waals surface area contributed by atoms with Crippen LogP contribution in [-0.4, -0.2) is 50.2 Å². The van der Waals surface area contributed by atoms with Crippen molar-refractivity contribution >= 4 is 23.5 Å². The lowest BCUT2D eigenvalue weighted by Crippen LogP contribution is -2.25. The molecule has 0 spiro atoms. The van der Waals surface area contributed by atoms with Crippen molar-refractivity contribution in [2.45, 2.75) is 38.3 Å². The van der Waals surface area contributed by atoms with E-state index in [1.54, 1.807) is 19.1 Å². The minimum atomic E-state index is -4.84. The number of aromatic nitrogens is 4. The number of aromatic amines is 1. The van der Waals surface area contributed by atoms with Crippen molar-refractivity contribution < 1.29 is 27.8 Å². The molecule has 2 aromatic heterocycles. The first kappa shape index (κ1) is 24.7. The molecule has 1 amide bonds. The van der Waals surface area contributed by atoms with E-state index in [0.717, 1.165) is 6.07 Å². The fourth-order valence-electron chi connectivity index (χ4n) is 3.90. The Bertz CT molecular complexity index is 1220. The zero-order valence-electron chi connectivity index (χ0n) is 18.6. The van der Waals surface area contributed by atoms with Crippen LogP contribution in [0.4, 0.5) is 19.1 Å². The zero-order chi connectivity index (χ0) is 25.3. The molecule has 0 bridgehead atoms. The lowest BCUT2D eigenvalue weighted by atomic mass is 9.88. The Kier molecular flexibility index (Phi) is 6.86. The van der Waals surface area contributed by atoms with E-state index in [2.05, 4.69) is 35.5 Å². The minimum absolute atomic E-state index is 0.197. The predicted molar refractivity (Wildman–Crippen MR) is 121 cm³/mol. The summed E-state index contributed by atoms with van der Waals surface area (Å²) in [6.07, 6.45) is -3.99. The van der Waals surface area contributed by atoms with Gasteiger partial charge in [0.25, 0.3) is 0 Å². The molecule has 4 N–H and O–H groups in total. The highest BCUT2D eigenvalue weighted by atomic mass is 35.5. The van der Waals surface area contributed by atoms with Gasteiger partial charge in [-0.05, 0) is 44.2 Å². The van der Waals surface area contributed by atoms with E-state index in [0.29, 0.717) is 29.2 Å². The molecule has 13 heteroatoms. The van der Waals surface area contributed by atoms with Crippen molar-refractivity contribution in [3.8, 4) is 17.0 Å². The first-order valence-corrected chi connectivity index (χ1v) is 11.1. The Morgan fingerprint density at radius 3 is 2.71 bits per heavy atom. The van der Waals surface area contributed by atoms with Crippen LogP contribution < -0.4 is 15.4 Å². The zero-order valence-corrected chi connectivity index (χ0v) is 19.4. The molecule has 0 saturated carbocycles. The van der Waals surface area contributed by atoms with E-state index in [9.17, 15) is 23.1 Å². The summed E-state index contributed by atoms with van der Waals surface area (Å²) in [7, 11) is 0. The summed E-state index contributed by atoms with van der Waals surface area (Å²) in [5.41, 5.74) is 2.11. The summed E-state index contributed by atoms with van der Waals surface area (Å²) in [5.74, 6) is -1.29. The summed E-state index contributed by atoms with van der Waals surface area (Å²) >= 11 is 5.93.